The topological polar surface area (TPSA) is 20.2 Å². The van der Waals surface area contributed by atoms with Crippen molar-refractivity contribution < 1.29 is 5.11 Å². The van der Waals surface area contributed by atoms with Gasteiger partial charge in [0, 0.05) is 6.61 Å². The molecule has 0 aromatic heterocycles. The van der Waals surface area contributed by atoms with Crippen molar-refractivity contribution >= 4 is 0 Å². The maximum Gasteiger partial charge on any atom is 0.0490 e. The molecule has 0 unspecified atom stereocenters. The lowest BCUT2D eigenvalue weighted by Gasteiger charge is -2.27. The van der Waals surface area contributed by atoms with E-state index in [0.29, 0.717) is 0 Å². The molecule has 0 rings (SSSR count). The van der Waals surface area contributed by atoms with Crippen LogP contribution in [0, 0.1) is 5.41 Å². The summed E-state index contributed by atoms with van der Waals surface area (Å²) in [6.07, 6.45) is 35.8. The molecule has 0 atom stereocenters. The van der Waals surface area contributed by atoms with E-state index in [2.05, 4.69) is 93.7 Å². The molecule has 0 aliphatic carbocycles. The summed E-state index contributed by atoms with van der Waals surface area (Å²) in [4.78, 5) is 0. The third-order valence-electron chi connectivity index (χ3n) is 4.98. The van der Waals surface area contributed by atoms with Crippen LogP contribution in [0.4, 0.5) is 0 Å². The normalized spacial score (nSPS) is 13.8. The van der Waals surface area contributed by atoms with Crippen molar-refractivity contribution in [1.82, 2.24) is 0 Å². The Morgan fingerprint density at radius 2 is 0.852 bits per heavy atom. The summed E-state index contributed by atoms with van der Waals surface area (Å²) in [7, 11) is 0. The third kappa shape index (κ3) is 15.2. The van der Waals surface area contributed by atoms with Crippen LogP contribution >= 0.6 is 0 Å². The number of hydrogen-bond donors (Lipinski definition) is 1. The zero-order chi connectivity index (χ0) is 20.1. The van der Waals surface area contributed by atoms with Crippen molar-refractivity contribution in [2.45, 2.75) is 78.6 Å². The van der Waals surface area contributed by atoms with Crippen LogP contribution in [-0.2, 0) is 0 Å². The van der Waals surface area contributed by atoms with Crippen LogP contribution in [0.3, 0.4) is 0 Å². The van der Waals surface area contributed by atoms with Gasteiger partial charge in [0.1, 0.15) is 0 Å². The lowest BCUT2D eigenvalue weighted by molar-refractivity contribution is 0.118. The quantitative estimate of drug-likeness (QED) is 0.274. The number of rotatable bonds is 16. The Labute approximate surface area is 169 Å². The van der Waals surface area contributed by atoms with Gasteiger partial charge in [0.25, 0.3) is 0 Å². The van der Waals surface area contributed by atoms with Crippen molar-refractivity contribution in [2.24, 2.45) is 5.41 Å². The fraction of sp³-hybridized carbons (Fsp3) is 0.538. The monoisotopic (exact) mass is 370 g/mol. The Hall–Kier alpha value is -1.60. The highest BCUT2D eigenvalue weighted by atomic mass is 16.3. The second-order valence-electron chi connectivity index (χ2n) is 6.98. The van der Waals surface area contributed by atoms with E-state index >= 15 is 0 Å². The van der Waals surface area contributed by atoms with E-state index in [1.807, 2.05) is 0 Å². The third-order valence-corrected chi connectivity index (χ3v) is 4.98. The van der Waals surface area contributed by atoms with Gasteiger partial charge >= 0.3 is 0 Å². The molecule has 0 heterocycles. The second kappa shape index (κ2) is 19.2. The maximum absolute atomic E-state index is 9.55. The average Bonchev–Trinajstić information content (AvgIpc) is 2.70. The summed E-state index contributed by atoms with van der Waals surface area (Å²) < 4.78 is 0. The van der Waals surface area contributed by atoms with Crippen LogP contribution < -0.4 is 0 Å². The molecular formula is C26H42O. The van der Waals surface area contributed by atoms with Crippen LogP contribution in [-0.4, -0.2) is 11.7 Å². The van der Waals surface area contributed by atoms with Crippen LogP contribution in [0.15, 0.2) is 72.9 Å². The van der Waals surface area contributed by atoms with Crippen molar-refractivity contribution in [3.8, 4) is 0 Å². The lowest BCUT2D eigenvalue weighted by Crippen LogP contribution is -2.22. The second-order valence-corrected chi connectivity index (χ2v) is 6.98. The largest absolute Gasteiger partial charge is 0.396 e. The standard InChI is InChI=1S/C26H42O/c1-4-7-8-9-10-11-12-13-14-15-16-17-18-19-20-21-22-23-24-26(5-2,6-3)25-27/h7-8,10-11,13-14,16-17,19-20,22-23,27H,4-6,9,12,15,18,21,24-25H2,1-3H3. The SMILES string of the molecule is CCC=CCC=CCC=CCC=CCC=CCC=CCC(CC)(CC)CO. The molecule has 0 bridgehead atoms. The number of hydrogen-bond acceptors (Lipinski definition) is 1. The van der Waals surface area contributed by atoms with Crippen LogP contribution in [0.25, 0.3) is 0 Å². The molecule has 0 aliphatic heterocycles. The highest BCUT2D eigenvalue weighted by molar-refractivity contribution is 5.02. The minimum atomic E-state index is 0.0817. The van der Waals surface area contributed by atoms with Gasteiger partial charge in [-0.25, -0.2) is 0 Å². The Kier molecular flexibility index (Phi) is 18.0. The Bertz CT molecular complexity index is 476. The predicted octanol–water partition coefficient (Wildman–Crippen LogP) is 7.87. The van der Waals surface area contributed by atoms with Gasteiger partial charge in [0.2, 0.25) is 0 Å². The molecule has 0 spiro atoms. The highest BCUT2D eigenvalue weighted by Gasteiger charge is 2.22. The van der Waals surface area contributed by atoms with Crippen LogP contribution in [0.2, 0.25) is 0 Å². The molecule has 1 heteroatoms. The summed E-state index contributed by atoms with van der Waals surface area (Å²) >= 11 is 0. The zero-order valence-electron chi connectivity index (χ0n) is 17.9. The van der Waals surface area contributed by atoms with E-state index < -0.39 is 0 Å². The number of aliphatic hydroxyl groups excluding tert-OH is 1. The van der Waals surface area contributed by atoms with E-state index in [9.17, 15) is 5.11 Å². The molecule has 0 amide bonds. The highest BCUT2D eigenvalue weighted by Crippen LogP contribution is 2.30. The Balaban J connectivity index is 3.75. The molecule has 0 radical (unpaired) electrons. The molecular weight excluding hydrogens is 328 g/mol. The van der Waals surface area contributed by atoms with Crippen molar-refractivity contribution in [3.63, 3.8) is 0 Å². The molecule has 152 valence electrons. The molecule has 0 aromatic rings. The first-order chi connectivity index (χ1) is 13.2. The predicted molar refractivity (Wildman–Crippen MR) is 123 cm³/mol. The van der Waals surface area contributed by atoms with Gasteiger partial charge in [0.05, 0.1) is 0 Å². The van der Waals surface area contributed by atoms with Gasteiger partial charge in [-0.05, 0) is 63.2 Å². The summed E-state index contributed by atoms with van der Waals surface area (Å²) in [6, 6.07) is 0. The summed E-state index contributed by atoms with van der Waals surface area (Å²) in [5.74, 6) is 0. The first kappa shape index (κ1) is 25.4. The van der Waals surface area contributed by atoms with E-state index in [0.717, 1.165) is 57.8 Å². The molecule has 0 saturated heterocycles. The fourth-order valence-electron chi connectivity index (χ4n) is 2.68. The van der Waals surface area contributed by atoms with Gasteiger partial charge in [-0.2, -0.15) is 0 Å². The minimum Gasteiger partial charge on any atom is -0.396 e. The van der Waals surface area contributed by atoms with Gasteiger partial charge in [-0.1, -0.05) is 93.7 Å². The Morgan fingerprint density at radius 3 is 1.15 bits per heavy atom. The fourth-order valence-corrected chi connectivity index (χ4v) is 2.68. The van der Waals surface area contributed by atoms with E-state index in [1.165, 1.54) is 0 Å². The van der Waals surface area contributed by atoms with Gasteiger partial charge < -0.3 is 5.11 Å². The molecule has 1 N–H and O–H groups in total. The van der Waals surface area contributed by atoms with E-state index in [-0.39, 0.29) is 12.0 Å². The molecule has 0 aliphatic rings. The lowest BCUT2D eigenvalue weighted by atomic mass is 9.80. The van der Waals surface area contributed by atoms with E-state index in [1.54, 1.807) is 0 Å². The molecule has 1 nitrogen and oxygen atoms in total. The zero-order valence-corrected chi connectivity index (χ0v) is 17.9. The average molecular weight is 371 g/mol. The van der Waals surface area contributed by atoms with Crippen molar-refractivity contribution in [3.05, 3.63) is 72.9 Å². The number of aliphatic hydroxyl groups is 1. The van der Waals surface area contributed by atoms with Crippen molar-refractivity contribution in [1.29, 1.82) is 0 Å². The summed E-state index contributed by atoms with van der Waals surface area (Å²) in [5, 5.41) is 9.55. The molecule has 0 aromatic carbocycles. The molecule has 0 fully saturated rings. The Morgan fingerprint density at radius 1 is 0.519 bits per heavy atom. The first-order valence-corrected chi connectivity index (χ1v) is 10.8. The van der Waals surface area contributed by atoms with Gasteiger partial charge in [-0.3, -0.25) is 0 Å². The smallest absolute Gasteiger partial charge is 0.0490 e. The van der Waals surface area contributed by atoms with E-state index in [4.69, 9.17) is 0 Å². The number of allylic oxidation sites excluding steroid dienone is 12. The first-order valence-electron chi connectivity index (χ1n) is 10.8. The minimum absolute atomic E-state index is 0.0817. The molecule has 27 heavy (non-hydrogen) atoms. The van der Waals surface area contributed by atoms with Crippen LogP contribution in [0.5, 0.6) is 0 Å². The van der Waals surface area contributed by atoms with Crippen LogP contribution in [0.1, 0.15) is 78.6 Å². The molecule has 0 saturated carbocycles. The summed E-state index contributed by atoms with van der Waals surface area (Å²) in [5.41, 5.74) is 0.0817. The van der Waals surface area contributed by atoms with Gasteiger partial charge in [0.15, 0.2) is 0 Å². The summed E-state index contributed by atoms with van der Waals surface area (Å²) in [6.45, 7) is 6.77. The van der Waals surface area contributed by atoms with Gasteiger partial charge in [-0.15, -0.1) is 0 Å². The maximum atomic E-state index is 9.55. The van der Waals surface area contributed by atoms with Crippen molar-refractivity contribution in [2.75, 3.05) is 6.61 Å².